The third-order valence-corrected chi connectivity index (χ3v) is 1.31. The van der Waals surface area contributed by atoms with E-state index in [-0.39, 0.29) is 11.4 Å². The van der Waals surface area contributed by atoms with Crippen molar-refractivity contribution < 1.29 is 0 Å². The number of aromatic amines is 1. The second kappa shape index (κ2) is 1.82. The molecule has 0 saturated heterocycles. The lowest BCUT2D eigenvalue weighted by Crippen LogP contribution is -2.11. The van der Waals surface area contributed by atoms with E-state index in [0.717, 1.165) is 0 Å². The van der Waals surface area contributed by atoms with Crippen LogP contribution < -0.4 is 11.3 Å². The van der Waals surface area contributed by atoms with Gasteiger partial charge in [-0.1, -0.05) is 0 Å². The standard InChI is InChI=1S/C5H5N5O/c6-3-1-4(11)9-5-7-2-8-10(3)5/h1-2H,6H2,(H,7,8,9,11). The molecule has 6 nitrogen and oxygen atoms in total. The van der Waals surface area contributed by atoms with Crippen molar-refractivity contribution in [3.63, 3.8) is 0 Å². The van der Waals surface area contributed by atoms with Crippen molar-refractivity contribution >= 4 is 11.6 Å². The summed E-state index contributed by atoms with van der Waals surface area (Å²) < 4.78 is 1.35. The molecule has 2 rings (SSSR count). The first-order valence-corrected chi connectivity index (χ1v) is 2.96. The Bertz CT molecular complexity index is 441. The summed E-state index contributed by atoms with van der Waals surface area (Å²) in [7, 11) is 0. The van der Waals surface area contributed by atoms with Crippen molar-refractivity contribution in [2.24, 2.45) is 0 Å². The largest absolute Gasteiger partial charge is 0.383 e. The van der Waals surface area contributed by atoms with Crippen molar-refractivity contribution in [1.82, 2.24) is 19.6 Å². The Morgan fingerprint density at radius 2 is 2.45 bits per heavy atom. The van der Waals surface area contributed by atoms with E-state index in [2.05, 4.69) is 15.1 Å². The Morgan fingerprint density at radius 3 is 3.27 bits per heavy atom. The van der Waals surface area contributed by atoms with Crippen LogP contribution in [-0.4, -0.2) is 19.6 Å². The summed E-state index contributed by atoms with van der Waals surface area (Å²) in [4.78, 5) is 17.0. The molecule has 3 N–H and O–H groups in total. The SMILES string of the molecule is Nc1cc(=O)[nH]c2ncnn12. The van der Waals surface area contributed by atoms with E-state index in [1.807, 2.05) is 0 Å². The van der Waals surface area contributed by atoms with Crippen molar-refractivity contribution in [2.75, 3.05) is 5.73 Å². The van der Waals surface area contributed by atoms with Gasteiger partial charge in [-0.2, -0.15) is 14.6 Å². The van der Waals surface area contributed by atoms with Gasteiger partial charge in [-0.15, -0.1) is 0 Å². The van der Waals surface area contributed by atoms with Gasteiger partial charge in [0.15, 0.2) is 0 Å². The Hall–Kier alpha value is -1.85. The van der Waals surface area contributed by atoms with Gasteiger partial charge >= 0.3 is 0 Å². The lowest BCUT2D eigenvalue weighted by Gasteiger charge is -1.93. The van der Waals surface area contributed by atoms with E-state index in [1.165, 1.54) is 16.9 Å². The number of rotatable bonds is 0. The van der Waals surface area contributed by atoms with Crippen LogP contribution in [0.15, 0.2) is 17.2 Å². The maximum atomic E-state index is 10.8. The molecule has 6 heteroatoms. The third-order valence-electron chi connectivity index (χ3n) is 1.31. The number of hydrogen-bond donors (Lipinski definition) is 2. The van der Waals surface area contributed by atoms with Crippen molar-refractivity contribution in [3.05, 3.63) is 22.7 Å². The molecule has 0 aliphatic carbocycles. The van der Waals surface area contributed by atoms with E-state index in [9.17, 15) is 4.79 Å². The predicted octanol–water partition coefficient (Wildman–Crippen LogP) is -1.00. The zero-order valence-corrected chi connectivity index (χ0v) is 5.48. The maximum Gasteiger partial charge on any atom is 0.254 e. The molecule has 0 saturated carbocycles. The number of aromatic nitrogens is 4. The molecule has 0 bridgehead atoms. The highest BCUT2D eigenvalue weighted by molar-refractivity contribution is 5.37. The summed E-state index contributed by atoms with van der Waals surface area (Å²) in [5, 5.41) is 3.77. The molecule has 2 aromatic rings. The molecule has 2 heterocycles. The minimum absolute atomic E-state index is 0.275. The Kier molecular flexibility index (Phi) is 0.974. The van der Waals surface area contributed by atoms with Gasteiger partial charge in [0.1, 0.15) is 12.1 Å². The fourth-order valence-corrected chi connectivity index (χ4v) is 0.857. The van der Waals surface area contributed by atoms with Gasteiger partial charge in [0.05, 0.1) is 0 Å². The number of nitrogens with zero attached hydrogens (tertiary/aromatic N) is 3. The summed E-state index contributed by atoms with van der Waals surface area (Å²) >= 11 is 0. The molecular weight excluding hydrogens is 146 g/mol. The predicted molar refractivity (Wildman–Crippen MR) is 38.0 cm³/mol. The summed E-state index contributed by atoms with van der Waals surface area (Å²) in [6.45, 7) is 0. The van der Waals surface area contributed by atoms with Crippen LogP contribution >= 0.6 is 0 Å². The van der Waals surface area contributed by atoms with Gasteiger partial charge in [0, 0.05) is 6.07 Å². The first-order chi connectivity index (χ1) is 5.27. The highest BCUT2D eigenvalue weighted by Gasteiger charge is 1.98. The van der Waals surface area contributed by atoms with Crippen LogP contribution in [0.3, 0.4) is 0 Å². The fraction of sp³-hybridized carbons (Fsp3) is 0. The number of fused-ring (bicyclic) bond motifs is 1. The molecule has 0 aromatic carbocycles. The molecule has 11 heavy (non-hydrogen) atoms. The molecule has 0 aliphatic heterocycles. The van der Waals surface area contributed by atoms with Crippen molar-refractivity contribution in [2.45, 2.75) is 0 Å². The second-order valence-electron chi connectivity index (χ2n) is 2.05. The van der Waals surface area contributed by atoms with Crippen LogP contribution in [0, 0.1) is 0 Å². The van der Waals surface area contributed by atoms with Gasteiger partial charge in [-0.05, 0) is 0 Å². The average molecular weight is 151 g/mol. The zero-order chi connectivity index (χ0) is 7.84. The van der Waals surface area contributed by atoms with E-state index in [4.69, 9.17) is 5.73 Å². The summed E-state index contributed by atoms with van der Waals surface area (Å²) in [5.74, 6) is 0.635. The molecule has 0 fully saturated rings. The van der Waals surface area contributed by atoms with Crippen LogP contribution in [0.5, 0.6) is 0 Å². The summed E-state index contributed by atoms with van der Waals surface area (Å²) in [6, 6.07) is 1.25. The van der Waals surface area contributed by atoms with Crippen LogP contribution in [0.4, 0.5) is 5.82 Å². The first-order valence-electron chi connectivity index (χ1n) is 2.96. The quantitative estimate of drug-likeness (QED) is 0.505. The van der Waals surface area contributed by atoms with Gasteiger partial charge in [0.2, 0.25) is 5.78 Å². The topological polar surface area (TPSA) is 89.1 Å². The van der Waals surface area contributed by atoms with Gasteiger partial charge < -0.3 is 5.73 Å². The molecular formula is C5H5N5O. The van der Waals surface area contributed by atoms with Crippen molar-refractivity contribution in [1.29, 1.82) is 0 Å². The van der Waals surface area contributed by atoms with Crippen LogP contribution in [0.1, 0.15) is 0 Å². The number of anilines is 1. The Labute approximate surface area is 60.7 Å². The number of nitrogens with one attached hydrogen (secondary N) is 1. The highest BCUT2D eigenvalue weighted by atomic mass is 16.1. The van der Waals surface area contributed by atoms with Gasteiger partial charge in [-0.25, -0.2) is 0 Å². The Morgan fingerprint density at radius 1 is 1.64 bits per heavy atom. The molecule has 0 radical (unpaired) electrons. The smallest absolute Gasteiger partial charge is 0.254 e. The monoisotopic (exact) mass is 151 g/mol. The Balaban J connectivity index is 3.02. The van der Waals surface area contributed by atoms with Gasteiger partial charge in [0.25, 0.3) is 5.56 Å². The molecule has 0 spiro atoms. The lowest BCUT2D eigenvalue weighted by molar-refractivity contribution is 0.943. The van der Waals surface area contributed by atoms with Crippen LogP contribution in [0.25, 0.3) is 5.78 Å². The third kappa shape index (κ3) is 0.759. The van der Waals surface area contributed by atoms with E-state index >= 15 is 0 Å². The fourth-order valence-electron chi connectivity index (χ4n) is 0.857. The lowest BCUT2D eigenvalue weighted by atomic mass is 10.6. The molecule has 0 unspecified atom stereocenters. The van der Waals surface area contributed by atoms with E-state index in [0.29, 0.717) is 5.78 Å². The summed E-state index contributed by atoms with van der Waals surface area (Å²) in [6.07, 6.45) is 1.32. The minimum atomic E-state index is -0.275. The second-order valence-corrected chi connectivity index (χ2v) is 2.05. The summed E-state index contributed by atoms with van der Waals surface area (Å²) in [5.41, 5.74) is 5.17. The highest BCUT2D eigenvalue weighted by Crippen LogP contribution is 1.96. The minimum Gasteiger partial charge on any atom is -0.383 e. The van der Waals surface area contributed by atoms with Gasteiger partial charge in [-0.3, -0.25) is 9.78 Å². The molecule has 2 aromatic heterocycles. The molecule has 0 aliphatic rings. The number of H-pyrrole nitrogens is 1. The van der Waals surface area contributed by atoms with Crippen LogP contribution in [-0.2, 0) is 0 Å². The number of hydrogen-bond acceptors (Lipinski definition) is 4. The molecule has 0 atom stereocenters. The first kappa shape index (κ1) is 5.90. The molecule has 0 amide bonds. The number of nitrogens with two attached hydrogens (primary N) is 1. The van der Waals surface area contributed by atoms with E-state index < -0.39 is 0 Å². The maximum absolute atomic E-state index is 10.8. The normalized spacial score (nSPS) is 10.5. The number of nitrogen functional groups attached to an aromatic ring is 1. The van der Waals surface area contributed by atoms with E-state index in [1.54, 1.807) is 0 Å². The zero-order valence-electron chi connectivity index (χ0n) is 5.48. The van der Waals surface area contributed by atoms with Crippen LogP contribution in [0.2, 0.25) is 0 Å². The average Bonchev–Trinajstić information content (AvgIpc) is 2.34. The van der Waals surface area contributed by atoms with Crippen molar-refractivity contribution in [3.8, 4) is 0 Å². The molecule has 56 valence electrons.